The maximum atomic E-state index is 13.2. The first-order chi connectivity index (χ1) is 18.0. The van der Waals surface area contributed by atoms with Crippen molar-refractivity contribution in [3.05, 3.63) is 87.4 Å². The Bertz CT molecular complexity index is 1590. The number of ether oxygens (including phenoxy) is 1. The number of anilines is 1. The van der Waals surface area contributed by atoms with Gasteiger partial charge in [-0.05, 0) is 79.6 Å². The molecule has 3 aromatic rings. The first-order valence-corrected chi connectivity index (χ1v) is 13.3. The van der Waals surface area contributed by atoms with Crippen LogP contribution in [0.4, 0.5) is 10.5 Å². The Morgan fingerprint density at radius 1 is 0.947 bits per heavy atom. The van der Waals surface area contributed by atoms with E-state index in [1.54, 1.807) is 19.9 Å². The average Bonchev–Trinajstić information content (AvgIpc) is 2.85. The van der Waals surface area contributed by atoms with Crippen LogP contribution in [-0.4, -0.2) is 32.9 Å². The number of benzene rings is 3. The van der Waals surface area contributed by atoms with Gasteiger partial charge >= 0.3 is 16.1 Å². The van der Waals surface area contributed by atoms with Gasteiger partial charge in [-0.25, -0.2) is 9.69 Å². The van der Waals surface area contributed by atoms with Gasteiger partial charge in [0.15, 0.2) is 11.5 Å². The summed E-state index contributed by atoms with van der Waals surface area (Å²) in [7, 11) is -4.21. The standard InChI is InChI=1S/C26H20Cl2N2O7S/c1-3-36-23-13-16(5-11-22(23)37-38(34,35)19-9-6-17(27)7-10-19)12-20-24(31)29-26(33)30(25(20)32)18-8-4-15(2)21(28)14-18/h4-14H,3H2,1-2H3,(H,29,31,33)/b20-12+. The van der Waals surface area contributed by atoms with Crippen molar-refractivity contribution in [2.45, 2.75) is 18.7 Å². The van der Waals surface area contributed by atoms with Crippen LogP contribution in [0.5, 0.6) is 11.5 Å². The van der Waals surface area contributed by atoms with Crippen LogP contribution in [0.3, 0.4) is 0 Å². The Morgan fingerprint density at radius 3 is 2.32 bits per heavy atom. The number of halogens is 2. The summed E-state index contributed by atoms with van der Waals surface area (Å²) in [5.74, 6) is -1.80. The summed E-state index contributed by atoms with van der Waals surface area (Å²) in [4.78, 5) is 38.9. The van der Waals surface area contributed by atoms with Gasteiger partial charge in [-0.3, -0.25) is 14.9 Å². The zero-order valence-electron chi connectivity index (χ0n) is 20.0. The van der Waals surface area contributed by atoms with Gasteiger partial charge in [-0.1, -0.05) is 35.3 Å². The second-order valence-corrected chi connectivity index (χ2v) is 10.4. The van der Waals surface area contributed by atoms with Crippen LogP contribution in [-0.2, 0) is 19.7 Å². The third kappa shape index (κ3) is 5.67. The molecule has 1 aliphatic heterocycles. The van der Waals surface area contributed by atoms with Gasteiger partial charge in [-0.15, -0.1) is 0 Å². The van der Waals surface area contributed by atoms with E-state index < -0.39 is 28.0 Å². The molecular weight excluding hydrogens is 555 g/mol. The number of nitrogens with zero attached hydrogens (tertiary/aromatic N) is 1. The topological polar surface area (TPSA) is 119 Å². The van der Waals surface area contributed by atoms with E-state index in [0.717, 1.165) is 10.5 Å². The molecule has 1 saturated heterocycles. The Hall–Kier alpha value is -3.86. The summed E-state index contributed by atoms with van der Waals surface area (Å²) >= 11 is 12.0. The van der Waals surface area contributed by atoms with Gasteiger partial charge in [-0.2, -0.15) is 8.42 Å². The predicted molar refractivity (Wildman–Crippen MR) is 142 cm³/mol. The summed E-state index contributed by atoms with van der Waals surface area (Å²) in [5.41, 5.74) is 0.925. The van der Waals surface area contributed by atoms with Crippen LogP contribution in [0.15, 0.2) is 71.1 Å². The SMILES string of the molecule is CCOc1cc(/C=C2\C(=O)NC(=O)N(c3ccc(C)c(Cl)c3)C2=O)ccc1OS(=O)(=O)c1ccc(Cl)cc1. The number of carbonyl (C=O) groups is 3. The number of urea groups is 1. The Kier molecular flexibility index (Phi) is 7.77. The van der Waals surface area contributed by atoms with Gasteiger partial charge in [0.25, 0.3) is 11.8 Å². The number of amides is 4. The zero-order chi connectivity index (χ0) is 27.6. The van der Waals surface area contributed by atoms with Gasteiger partial charge in [0.05, 0.1) is 12.3 Å². The van der Waals surface area contributed by atoms with E-state index in [9.17, 15) is 22.8 Å². The number of hydrogen-bond donors (Lipinski definition) is 1. The smallest absolute Gasteiger partial charge is 0.339 e. The van der Waals surface area contributed by atoms with Crippen molar-refractivity contribution in [3.63, 3.8) is 0 Å². The quantitative estimate of drug-likeness (QED) is 0.236. The molecule has 0 aromatic heterocycles. The van der Waals surface area contributed by atoms with Crippen molar-refractivity contribution >= 4 is 62.9 Å². The maximum Gasteiger partial charge on any atom is 0.339 e. The van der Waals surface area contributed by atoms with E-state index in [1.807, 2.05) is 0 Å². The summed E-state index contributed by atoms with van der Waals surface area (Å²) in [6, 6.07) is 13.3. The van der Waals surface area contributed by atoms with E-state index in [1.165, 1.54) is 60.7 Å². The highest BCUT2D eigenvalue weighted by Crippen LogP contribution is 2.33. The van der Waals surface area contributed by atoms with Crippen molar-refractivity contribution < 1.29 is 31.7 Å². The minimum atomic E-state index is -4.21. The second-order valence-electron chi connectivity index (χ2n) is 8.02. The normalized spacial score (nSPS) is 15.0. The lowest BCUT2D eigenvalue weighted by Crippen LogP contribution is -2.54. The van der Waals surface area contributed by atoms with Crippen LogP contribution in [0.1, 0.15) is 18.1 Å². The molecule has 196 valence electrons. The highest BCUT2D eigenvalue weighted by atomic mass is 35.5. The first-order valence-electron chi connectivity index (χ1n) is 11.1. The Balaban J connectivity index is 1.67. The molecule has 0 spiro atoms. The van der Waals surface area contributed by atoms with Gasteiger partial charge < -0.3 is 8.92 Å². The van der Waals surface area contributed by atoms with Crippen LogP contribution < -0.4 is 19.1 Å². The molecule has 1 N–H and O–H groups in total. The van der Waals surface area contributed by atoms with Crippen molar-refractivity contribution in [2.24, 2.45) is 0 Å². The lowest BCUT2D eigenvalue weighted by Gasteiger charge is -2.26. The molecule has 38 heavy (non-hydrogen) atoms. The molecule has 12 heteroatoms. The molecule has 1 fully saturated rings. The summed E-state index contributed by atoms with van der Waals surface area (Å²) < 4.78 is 36.3. The number of imide groups is 2. The summed E-state index contributed by atoms with van der Waals surface area (Å²) in [6.07, 6.45) is 1.26. The fourth-order valence-corrected chi connectivity index (χ4v) is 4.74. The summed E-state index contributed by atoms with van der Waals surface area (Å²) in [6.45, 7) is 3.63. The molecule has 0 atom stereocenters. The molecule has 0 bridgehead atoms. The largest absolute Gasteiger partial charge is 0.490 e. The number of aryl methyl sites for hydroxylation is 1. The molecule has 0 saturated carbocycles. The molecule has 0 unspecified atom stereocenters. The van der Waals surface area contributed by atoms with Gasteiger partial charge in [0, 0.05) is 10.0 Å². The predicted octanol–water partition coefficient (Wildman–Crippen LogP) is 5.13. The van der Waals surface area contributed by atoms with E-state index >= 15 is 0 Å². The monoisotopic (exact) mass is 574 g/mol. The molecule has 1 heterocycles. The van der Waals surface area contributed by atoms with Crippen LogP contribution in [0.2, 0.25) is 10.0 Å². The molecule has 4 amide bonds. The molecule has 0 aliphatic carbocycles. The highest BCUT2D eigenvalue weighted by Gasteiger charge is 2.37. The van der Waals surface area contributed by atoms with E-state index in [4.69, 9.17) is 32.1 Å². The molecular formula is C26H20Cl2N2O7S. The van der Waals surface area contributed by atoms with Gasteiger partial charge in [0.2, 0.25) is 0 Å². The number of hydrogen-bond acceptors (Lipinski definition) is 7. The van der Waals surface area contributed by atoms with Gasteiger partial charge in [0.1, 0.15) is 10.5 Å². The number of carbonyl (C=O) groups excluding carboxylic acids is 3. The molecule has 3 aromatic carbocycles. The van der Waals surface area contributed by atoms with Crippen molar-refractivity contribution in [1.82, 2.24) is 5.32 Å². The number of nitrogens with one attached hydrogen (secondary N) is 1. The van der Waals surface area contributed by atoms with E-state index in [0.29, 0.717) is 15.6 Å². The van der Waals surface area contributed by atoms with E-state index in [2.05, 4.69) is 5.32 Å². The van der Waals surface area contributed by atoms with Crippen LogP contribution in [0, 0.1) is 6.92 Å². The molecule has 9 nitrogen and oxygen atoms in total. The highest BCUT2D eigenvalue weighted by molar-refractivity contribution is 7.87. The van der Waals surface area contributed by atoms with Crippen LogP contribution in [0.25, 0.3) is 6.08 Å². The second kappa shape index (κ2) is 10.9. The number of rotatable bonds is 7. The summed E-state index contributed by atoms with van der Waals surface area (Å²) in [5, 5.41) is 2.85. The lowest BCUT2D eigenvalue weighted by molar-refractivity contribution is -0.122. The van der Waals surface area contributed by atoms with Crippen molar-refractivity contribution in [1.29, 1.82) is 0 Å². The fourth-order valence-electron chi connectivity index (χ4n) is 3.50. The lowest BCUT2D eigenvalue weighted by atomic mass is 10.1. The Labute approximate surface area is 228 Å². The van der Waals surface area contributed by atoms with Crippen molar-refractivity contribution in [2.75, 3.05) is 11.5 Å². The Morgan fingerprint density at radius 2 is 1.66 bits per heavy atom. The average molecular weight is 575 g/mol. The zero-order valence-corrected chi connectivity index (χ0v) is 22.4. The molecule has 1 aliphatic rings. The maximum absolute atomic E-state index is 13.2. The van der Waals surface area contributed by atoms with Crippen molar-refractivity contribution in [3.8, 4) is 11.5 Å². The number of barbiturate groups is 1. The fraction of sp³-hybridized carbons (Fsp3) is 0.115. The minimum Gasteiger partial charge on any atom is -0.490 e. The van der Waals surface area contributed by atoms with Crippen LogP contribution >= 0.6 is 23.2 Å². The minimum absolute atomic E-state index is 0.0568. The molecule has 0 radical (unpaired) electrons. The third-order valence-corrected chi connectivity index (χ3v) is 7.30. The third-order valence-electron chi connectivity index (χ3n) is 5.40. The molecule has 4 rings (SSSR count). The first kappa shape index (κ1) is 27.2. The van der Waals surface area contributed by atoms with E-state index in [-0.39, 0.29) is 34.3 Å².